The Balaban J connectivity index is 1.21. The second-order valence-corrected chi connectivity index (χ2v) is 8.57. The van der Waals surface area contributed by atoms with E-state index in [1.807, 2.05) is 18.5 Å². The van der Waals surface area contributed by atoms with Gasteiger partial charge in [-0.25, -0.2) is 9.97 Å². The van der Waals surface area contributed by atoms with Crippen molar-refractivity contribution < 1.29 is 4.74 Å². The molecule has 5 rings (SSSR count). The first kappa shape index (κ1) is 16.0. The van der Waals surface area contributed by atoms with Gasteiger partial charge in [-0.1, -0.05) is 12.8 Å². The first-order chi connectivity index (χ1) is 12.4. The van der Waals surface area contributed by atoms with Crippen molar-refractivity contribution in [1.82, 2.24) is 15.3 Å². The van der Waals surface area contributed by atoms with Crippen LogP contribution in [-0.4, -0.2) is 48.4 Å². The fourth-order valence-corrected chi connectivity index (χ4v) is 6.17. The summed E-state index contributed by atoms with van der Waals surface area (Å²) in [7, 11) is 0. The zero-order valence-electron chi connectivity index (χ0n) is 15.1. The lowest BCUT2D eigenvalue weighted by molar-refractivity contribution is -0.131. The molecule has 1 aromatic heterocycles. The minimum absolute atomic E-state index is 0.470. The highest BCUT2D eigenvalue weighted by atomic mass is 16.5. The third kappa shape index (κ3) is 2.67. The van der Waals surface area contributed by atoms with Crippen LogP contribution in [0.2, 0.25) is 0 Å². The molecule has 2 aliphatic carbocycles. The predicted octanol–water partition coefficient (Wildman–Crippen LogP) is 2.63. The van der Waals surface area contributed by atoms with E-state index >= 15 is 0 Å². The number of nitrogens with zero attached hydrogens (tertiary/aromatic N) is 3. The zero-order chi connectivity index (χ0) is 16.7. The Morgan fingerprint density at radius 3 is 2.84 bits per heavy atom. The van der Waals surface area contributed by atoms with Crippen molar-refractivity contribution >= 4 is 5.95 Å². The molecule has 4 fully saturated rings. The molecule has 1 aromatic rings. The summed E-state index contributed by atoms with van der Waals surface area (Å²) < 4.78 is 6.12. The molecule has 4 atom stereocenters. The van der Waals surface area contributed by atoms with Crippen molar-refractivity contribution in [3.8, 4) is 0 Å². The number of anilines is 1. The molecule has 3 heterocycles. The van der Waals surface area contributed by atoms with Crippen molar-refractivity contribution in [3.05, 3.63) is 18.5 Å². The summed E-state index contributed by atoms with van der Waals surface area (Å²) in [5.74, 6) is 2.37. The van der Waals surface area contributed by atoms with Crippen molar-refractivity contribution in [2.75, 3.05) is 31.1 Å². The van der Waals surface area contributed by atoms with Gasteiger partial charge in [-0.2, -0.15) is 0 Å². The van der Waals surface area contributed by atoms with Gasteiger partial charge in [-0.15, -0.1) is 0 Å². The van der Waals surface area contributed by atoms with Crippen molar-refractivity contribution in [2.45, 2.75) is 57.1 Å². The average molecular weight is 342 g/mol. The highest BCUT2D eigenvalue weighted by molar-refractivity contribution is 5.29. The third-order valence-corrected chi connectivity index (χ3v) is 7.27. The predicted molar refractivity (Wildman–Crippen MR) is 97.5 cm³/mol. The zero-order valence-corrected chi connectivity index (χ0v) is 15.1. The van der Waals surface area contributed by atoms with Gasteiger partial charge in [0.25, 0.3) is 0 Å². The number of fused-ring (bicyclic) bond motifs is 2. The third-order valence-electron chi connectivity index (χ3n) is 7.27. The number of aromatic nitrogens is 2. The monoisotopic (exact) mass is 342 g/mol. The normalized spacial score (nSPS) is 36.4. The standard InChI is InChI=1S/C20H30N4O/c1-2-8-20(7-1)17(16-6-12-25-18(16)20)23-13-15-5-3-11-24(14-15)19-21-9-4-10-22-19/h4,9-10,15-18,23H,1-3,5-8,11-14H2/t15-,16-,17-,18-/m1/s1. The summed E-state index contributed by atoms with van der Waals surface area (Å²) >= 11 is 0. The molecule has 0 aromatic carbocycles. The maximum Gasteiger partial charge on any atom is 0.225 e. The maximum absolute atomic E-state index is 6.12. The van der Waals surface area contributed by atoms with Gasteiger partial charge in [0.1, 0.15) is 0 Å². The van der Waals surface area contributed by atoms with E-state index in [4.69, 9.17) is 4.74 Å². The number of piperidine rings is 1. The Kier molecular flexibility index (Phi) is 4.17. The molecular formula is C20H30N4O. The maximum atomic E-state index is 6.12. The molecule has 0 unspecified atom stereocenters. The van der Waals surface area contributed by atoms with Gasteiger partial charge >= 0.3 is 0 Å². The lowest BCUT2D eigenvalue weighted by atomic mass is 9.54. The Morgan fingerprint density at radius 1 is 1.16 bits per heavy atom. The second-order valence-electron chi connectivity index (χ2n) is 8.57. The largest absolute Gasteiger partial charge is 0.377 e. The highest BCUT2D eigenvalue weighted by Crippen LogP contribution is 2.60. The van der Waals surface area contributed by atoms with Crippen LogP contribution in [0.3, 0.4) is 0 Å². The molecule has 2 saturated heterocycles. The SMILES string of the molecule is c1cnc(N2CCC[C@H](CN[C@@H]3[C@H]4CCO[C@H]4C34CCCC4)C2)nc1. The molecule has 0 amide bonds. The summed E-state index contributed by atoms with van der Waals surface area (Å²) in [5.41, 5.74) is 0.470. The number of hydrogen-bond donors (Lipinski definition) is 1. The molecule has 2 saturated carbocycles. The molecule has 2 aliphatic heterocycles. The van der Waals surface area contributed by atoms with E-state index in [-0.39, 0.29) is 0 Å². The van der Waals surface area contributed by atoms with Gasteiger partial charge in [0.2, 0.25) is 5.95 Å². The van der Waals surface area contributed by atoms with Gasteiger partial charge in [0.15, 0.2) is 0 Å². The Bertz CT molecular complexity index is 589. The Labute approximate surface area is 150 Å². The summed E-state index contributed by atoms with van der Waals surface area (Å²) in [4.78, 5) is 11.2. The smallest absolute Gasteiger partial charge is 0.225 e. The van der Waals surface area contributed by atoms with Gasteiger partial charge in [0, 0.05) is 49.5 Å². The summed E-state index contributed by atoms with van der Waals surface area (Å²) in [6.07, 6.45) is 13.6. The van der Waals surface area contributed by atoms with Crippen molar-refractivity contribution in [3.63, 3.8) is 0 Å². The van der Waals surface area contributed by atoms with E-state index in [0.717, 1.165) is 38.1 Å². The molecule has 25 heavy (non-hydrogen) atoms. The molecule has 0 radical (unpaired) electrons. The van der Waals surface area contributed by atoms with Crippen LogP contribution in [-0.2, 0) is 4.74 Å². The Hall–Kier alpha value is -1.20. The van der Waals surface area contributed by atoms with Crippen LogP contribution in [0.25, 0.3) is 0 Å². The van der Waals surface area contributed by atoms with Crippen LogP contribution < -0.4 is 10.2 Å². The van der Waals surface area contributed by atoms with Crippen LogP contribution in [0.1, 0.15) is 44.9 Å². The van der Waals surface area contributed by atoms with E-state index in [1.165, 1.54) is 44.9 Å². The molecule has 136 valence electrons. The Morgan fingerprint density at radius 2 is 2.00 bits per heavy atom. The fraction of sp³-hybridized carbons (Fsp3) is 0.800. The molecule has 0 bridgehead atoms. The topological polar surface area (TPSA) is 50.3 Å². The second kappa shape index (κ2) is 6.51. The first-order valence-electron chi connectivity index (χ1n) is 10.2. The molecule has 5 heteroatoms. The number of ether oxygens (including phenoxy) is 1. The summed E-state index contributed by atoms with van der Waals surface area (Å²) in [6.45, 7) is 4.30. The molecule has 1 spiro atoms. The van der Waals surface area contributed by atoms with Gasteiger partial charge in [-0.3, -0.25) is 0 Å². The quantitative estimate of drug-likeness (QED) is 0.911. The van der Waals surface area contributed by atoms with E-state index in [2.05, 4.69) is 20.2 Å². The van der Waals surface area contributed by atoms with E-state index in [9.17, 15) is 0 Å². The van der Waals surface area contributed by atoms with Gasteiger partial charge in [-0.05, 0) is 50.6 Å². The number of rotatable bonds is 4. The minimum Gasteiger partial charge on any atom is -0.377 e. The van der Waals surface area contributed by atoms with Crippen LogP contribution in [0, 0.1) is 17.3 Å². The van der Waals surface area contributed by atoms with E-state index in [1.54, 1.807) is 0 Å². The van der Waals surface area contributed by atoms with Crippen molar-refractivity contribution in [1.29, 1.82) is 0 Å². The fourth-order valence-electron chi connectivity index (χ4n) is 6.17. The lowest BCUT2D eigenvalue weighted by Crippen LogP contribution is -2.68. The number of nitrogens with one attached hydrogen (secondary N) is 1. The van der Waals surface area contributed by atoms with Gasteiger partial charge in [0.05, 0.1) is 6.10 Å². The van der Waals surface area contributed by atoms with Crippen LogP contribution >= 0.6 is 0 Å². The van der Waals surface area contributed by atoms with Crippen LogP contribution in [0.5, 0.6) is 0 Å². The highest BCUT2D eigenvalue weighted by Gasteiger charge is 2.64. The van der Waals surface area contributed by atoms with Crippen LogP contribution in [0.15, 0.2) is 18.5 Å². The first-order valence-corrected chi connectivity index (χ1v) is 10.2. The van der Waals surface area contributed by atoms with Crippen LogP contribution in [0.4, 0.5) is 5.95 Å². The van der Waals surface area contributed by atoms with Crippen molar-refractivity contribution in [2.24, 2.45) is 17.3 Å². The molecule has 4 aliphatic rings. The lowest BCUT2D eigenvalue weighted by Gasteiger charge is -2.57. The van der Waals surface area contributed by atoms with E-state index in [0.29, 0.717) is 23.5 Å². The molecular weight excluding hydrogens is 312 g/mol. The summed E-state index contributed by atoms with van der Waals surface area (Å²) in [5, 5.41) is 4.02. The number of hydrogen-bond acceptors (Lipinski definition) is 5. The van der Waals surface area contributed by atoms with E-state index < -0.39 is 0 Å². The average Bonchev–Trinajstić information content (AvgIpc) is 3.32. The molecule has 1 N–H and O–H groups in total. The minimum atomic E-state index is 0.470. The summed E-state index contributed by atoms with van der Waals surface area (Å²) in [6, 6.07) is 2.59. The molecule has 5 nitrogen and oxygen atoms in total. The van der Waals surface area contributed by atoms with Gasteiger partial charge < -0.3 is 15.0 Å².